The molecule has 0 aromatic heterocycles. The molecule has 3 nitrogen and oxygen atoms in total. The molecule has 1 aromatic carbocycles. The lowest BCUT2D eigenvalue weighted by atomic mass is 9.85. The van der Waals surface area contributed by atoms with E-state index in [4.69, 9.17) is 5.73 Å². The van der Waals surface area contributed by atoms with E-state index in [2.05, 4.69) is 38.2 Å². The van der Waals surface area contributed by atoms with Crippen LogP contribution in [0.1, 0.15) is 65.5 Å². The highest BCUT2D eigenvalue weighted by Crippen LogP contribution is 2.29. The summed E-state index contributed by atoms with van der Waals surface area (Å²) in [7, 11) is 0. The molecular formula is C18H30N2O. The van der Waals surface area contributed by atoms with Gasteiger partial charge in [0, 0.05) is 0 Å². The first-order chi connectivity index (χ1) is 9.65. The highest BCUT2D eigenvalue weighted by atomic mass is 16.2. The van der Waals surface area contributed by atoms with Crippen LogP contribution in [0.3, 0.4) is 0 Å². The van der Waals surface area contributed by atoms with Crippen LogP contribution in [0.2, 0.25) is 0 Å². The number of rotatable bonds is 6. The second-order valence-electron chi connectivity index (χ2n) is 7.37. The van der Waals surface area contributed by atoms with Gasteiger partial charge in [0.25, 0.3) is 0 Å². The third-order valence-electron chi connectivity index (χ3n) is 3.61. The van der Waals surface area contributed by atoms with E-state index in [1.807, 2.05) is 32.0 Å². The van der Waals surface area contributed by atoms with Crippen LogP contribution in [0.25, 0.3) is 0 Å². The van der Waals surface area contributed by atoms with E-state index in [0.29, 0.717) is 6.42 Å². The molecule has 0 saturated heterocycles. The Labute approximate surface area is 129 Å². The normalized spacial score (nSPS) is 16.1. The van der Waals surface area contributed by atoms with Crippen LogP contribution < -0.4 is 11.1 Å². The second-order valence-corrected chi connectivity index (χ2v) is 7.37. The van der Waals surface area contributed by atoms with Gasteiger partial charge in [-0.15, -0.1) is 0 Å². The van der Waals surface area contributed by atoms with Gasteiger partial charge in [-0.3, -0.25) is 4.79 Å². The zero-order chi connectivity index (χ0) is 16.1. The summed E-state index contributed by atoms with van der Waals surface area (Å²) in [5.74, 6) is -0.0672. The van der Waals surface area contributed by atoms with E-state index in [9.17, 15) is 4.79 Å². The molecule has 1 rings (SSSR count). The van der Waals surface area contributed by atoms with Crippen molar-refractivity contribution in [3.8, 4) is 0 Å². The molecule has 0 saturated carbocycles. The minimum atomic E-state index is -0.806. The van der Waals surface area contributed by atoms with Crippen molar-refractivity contribution in [2.24, 2.45) is 11.1 Å². The Morgan fingerprint density at radius 2 is 1.76 bits per heavy atom. The zero-order valence-electron chi connectivity index (χ0n) is 14.1. The summed E-state index contributed by atoms with van der Waals surface area (Å²) in [6, 6.07) is 10.1. The summed E-state index contributed by atoms with van der Waals surface area (Å²) < 4.78 is 0. The third-order valence-corrected chi connectivity index (χ3v) is 3.61. The lowest BCUT2D eigenvalue weighted by Gasteiger charge is -2.31. The Bertz CT molecular complexity index is 446. The molecule has 1 amide bonds. The topological polar surface area (TPSA) is 55.1 Å². The Kier molecular flexibility index (Phi) is 5.97. The average Bonchev–Trinajstić information content (AvgIpc) is 2.37. The number of nitrogens with one attached hydrogen (secondary N) is 1. The summed E-state index contributed by atoms with van der Waals surface area (Å²) >= 11 is 0. The van der Waals surface area contributed by atoms with Gasteiger partial charge >= 0.3 is 0 Å². The minimum Gasteiger partial charge on any atom is -0.348 e. The molecule has 0 fully saturated rings. The van der Waals surface area contributed by atoms with Gasteiger partial charge in [-0.2, -0.15) is 0 Å². The molecule has 0 aliphatic heterocycles. The second kappa shape index (κ2) is 7.08. The number of hydrogen-bond acceptors (Lipinski definition) is 2. The van der Waals surface area contributed by atoms with Gasteiger partial charge in [-0.05, 0) is 30.7 Å². The molecule has 0 aliphatic carbocycles. The van der Waals surface area contributed by atoms with Gasteiger partial charge in [0.2, 0.25) is 5.91 Å². The van der Waals surface area contributed by atoms with E-state index < -0.39 is 5.54 Å². The SMILES string of the molecule is CCCC(C)(N)C(=O)NC(CC(C)(C)C)c1ccccc1. The van der Waals surface area contributed by atoms with Crippen molar-refractivity contribution in [1.82, 2.24) is 5.32 Å². The van der Waals surface area contributed by atoms with Crippen molar-refractivity contribution in [3.05, 3.63) is 35.9 Å². The van der Waals surface area contributed by atoms with Crippen molar-refractivity contribution < 1.29 is 4.79 Å². The maximum atomic E-state index is 12.5. The lowest BCUT2D eigenvalue weighted by molar-refractivity contribution is -0.127. The monoisotopic (exact) mass is 290 g/mol. The van der Waals surface area contributed by atoms with Gasteiger partial charge in [0.05, 0.1) is 11.6 Å². The van der Waals surface area contributed by atoms with Crippen LogP contribution in [-0.2, 0) is 4.79 Å². The maximum Gasteiger partial charge on any atom is 0.240 e. The summed E-state index contributed by atoms with van der Waals surface area (Å²) in [6.07, 6.45) is 2.47. The van der Waals surface area contributed by atoms with Crippen molar-refractivity contribution in [3.63, 3.8) is 0 Å². The molecule has 0 heterocycles. The zero-order valence-corrected chi connectivity index (χ0v) is 14.1. The number of carbonyl (C=O) groups is 1. The Balaban J connectivity index is 2.91. The standard InChI is InChI=1S/C18H30N2O/c1-6-12-18(5,19)16(21)20-15(13-17(2,3)4)14-10-8-7-9-11-14/h7-11,15H,6,12-13,19H2,1-5H3,(H,20,21). The lowest BCUT2D eigenvalue weighted by Crippen LogP contribution is -2.52. The molecule has 3 N–H and O–H groups in total. The average molecular weight is 290 g/mol. The quantitative estimate of drug-likeness (QED) is 0.837. The summed E-state index contributed by atoms with van der Waals surface area (Å²) in [6.45, 7) is 10.4. The molecule has 2 atom stereocenters. The Morgan fingerprint density at radius 1 is 1.19 bits per heavy atom. The molecule has 0 bridgehead atoms. The molecule has 0 aliphatic rings. The minimum absolute atomic E-state index is 0.00145. The van der Waals surface area contributed by atoms with Crippen LogP contribution in [0.5, 0.6) is 0 Å². The molecule has 0 spiro atoms. The Hall–Kier alpha value is -1.35. The molecule has 118 valence electrons. The predicted molar refractivity (Wildman–Crippen MR) is 88.9 cm³/mol. The number of nitrogens with two attached hydrogens (primary N) is 1. The van der Waals surface area contributed by atoms with E-state index in [-0.39, 0.29) is 17.4 Å². The number of hydrogen-bond donors (Lipinski definition) is 2. The Morgan fingerprint density at radius 3 is 2.24 bits per heavy atom. The number of carbonyl (C=O) groups excluding carboxylic acids is 1. The fourth-order valence-corrected chi connectivity index (χ4v) is 2.51. The fraction of sp³-hybridized carbons (Fsp3) is 0.611. The van der Waals surface area contributed by atoms with Gasteiger partial charge < -0.3 is 11.1 Å². The van der Waals surface area contributed by atoms with Crippen molar-refractivity contribution in [1.29, 1.82) is 0 Å². The maximum absolute atomic E-state index is 12.5. The number of amides is 1. The summed E-state index contributed by atoms with van der Waals surface area (Å²) in [4.78, 5) is 12.5. The van der Waals surface area contributed by atoms with Crippen molar-refractivity contribution >= 4 is 5.91 Å². The first kappa shape index (κ1) is 17.7. The van der Waals surface area contributed by atoms with Gasteiger partial charge in [-0.25, -0.2) is 0 Å². The number of benzene rings is 1. The first-order valence-corrected chi connectivity index (χ1v) is 7.80. The van der Waals surface area contributed by atoms with Crippen LogP contribution in [0.4, 0.5) is 0 Å². The van der Waals surface area contributed by atoms with Crippen LogP contribution in [-0.4, -0.2) is 11.4 Å². The van der Waals surface area contributed by atoms with Gasteiger partial charge in [-0.1, -0.05) is 64.4 Å². The summed E-state index contributed by atoms with van der Waals surface area (Å²) in [5, 5.41) is 3.15. The molecule has 3 heteroatoms. The van der Waals surface area contributed by atoms with E-state index in [0.717, 1.165) is 18.4 Å². The predicted octanol–water partition coefficient (Wildman–Crippen LogP) is 3.80. The van der Waals surface area contributed by atoms with Gasteiger partial charge in [0.1, 0.15) is 0 Å². The highest BCUT2D eigenvalue weighted by Gasteiger charge is 2.30. The van der Waals surface area contributed by atoms with E-state index in [1.54, 1.807) is 0 Å². The van der Waals surface area contributed by atoms with E-state index in [1.165, 1.54) is 0 Å². The fourth-order valence-electron chi connectivity index (χ4n) is 2.51. The largest absolute Gasteiger partial charge is 0.348 e. The molecule has 0 radical (unpaired) electrons. The van der Waals surface area contributed by atoms with Crippen molar-refractivity contribution in [2.45, 2.75) is 65.5 Å². The van der Waals surface area contributed by atoms with Gasteiger partial charge in [0.15, 0.2) is 0 Å². The molecular weight excluding hydrogens is 260 g/mol. The first-order valence-electron chi connectivity index (χ1n) is 7.80. The highest BCUT2D eigenvalue weighted by molar-refractivity contribution is 5.85. The molecule has 2 unspecified atom stereocenters. The molecule has 21 heavy (non-hydrogen) atoms. The third kappa shape index (κ3) is 5.88. The smallest absolute Gasteiger partial charge is 0.240 e. The van der Waals surface area contributed by atoms with Crippen LogP contribution in [0, 0.1) is 5.41 Å². The van der Waals surface area contributed by atoms with Crippen LogP contribution in [0.15, 0.2) is 30.3 Å². The van der Waals surface area contributed by atoms with Crippen LogP contribution >= 0.6 is 0 Å². The molecule has 1 aromatic rings. The van der Waals surface area contributed by atoms with E-state index >= 15 is 0 Å². The van der Waals surface area contributed by atoms with Crippen molar-refractivity contribution in [2.75, 3.05) is 0 Å². The summed E-state index contributed by atoms with van der Waals surface area (Å²) in [5.41, 5.74) is 6.60.